The molecule has 0 saturated carbocycles. The highest BCUT2D eigenvalue weighted by Crippen LogP contribution is 2.24. The van der Waals surface area contributed by atoms with E-state index in [2.05, 4.69) is 5.32 Å². The summed E-state index contributed by atoms with van der Waals surface area (Å²) in [6, 6.07) is 5.38. The highest BCUT2D eigenvalue weighted by atomic mass is 32.2. The first-order chi connectivity index (χ1) is 7.20. The molecule has 0 aliphatic carbocycles. The molecule has 0 radical (unpaired) electrons. The Balaban J connectivity index is 2.27. The van der Waals surface area contributed by atoms with E-state index in [1.807, 2.05) is 12.3 Å². The first-order valence-corrected chi connectivity index (χ1v) is 6.05. The van der Waals surface area contributed by atoms with Crippen LogP contribution in [0, 0.1) is 0 Å². The summed E-state index contributed by atoms with van der Waals surface area (Å²) >= 11 is 1.51. The number of anilines is 1. The lowest BCUT2D eigenvalue weighted by atomic mass is 10.1. The highest BCUT2D eigenvalue weighted by Gasteiger charge is 2.18. The first-order valence-electron chi connectivity index (χ1n) is 4.65. The van der Waals surface area contributed by atoms with Crippen LogP contribution in [0.15, 0.2) is 18.2 Å². The maximum atomic E-state index is 11.6. The maximum Gasteiger partial charge on any atom is 0.228 e. The van der Waals surface area contributed by atoms with E-state index in [0.717, 1.165) is 11.3 Å². The smallest absolute Gasteiger partial charge is 0.228 e. The average Bonchev–Trinajstić information content (AvgIpc) is 2.57. The van der Waals surface area contributed by atoms with Crippen LogP contribution < -0.4 is 5.32 Å². The number of benzene rings is 1. The lowest BCUT2D eigenvalue weighted by molar-refractivity contribution is -0.115. The Kier molecular flexibility index (Phi) is 2.77. The summed E-state index contributed by atoms with van der Waals surface area (Å²) in [7, 11) is 0. The van der Waals surface area contributed by atoms with Crippen molar-refractivity contribution in [2.45, 2.75) is 6.42 Å². The Bertz CT molecular complexity index is 429. The van der Waals surface area contributed by atoms with Crippen molar-refractivity contribution in [1.29, 1.82) is 0 Å². The molecule has 4 heteroatoms. The van der Waals surface area contributed by atoms with E-state index in [1.165, 1.54) is 11.8 Å². The standard InChI is InChI=1S/C11H11NO2S/c1-15-6-10(13)7-2-3-9-8(4-7)5-11(14)12-9/h2-4H,5-6H2,1H3,(H,12,14). The second-order valence-corrected chi connectivity index (χ2v) is 4.32. The summed E-state index contributed by atoms with van der Waals surface area (Å²) in [5, 5.41) is 2.74. The maximum absolute atomic E-state index is 11.6. The molecule has 0 fully saturated rings. The Morgan fingerprint density at radius 1 is 1.53 bits per heavy atom. The minimum absolute atomic E-state index is 0.000495. The number of hydrogen-bond acceptors (Lipinski definition) is 3. The fourth-order valence-electron chi connectivity index (χ4n) is 1.62. The zero-order valence-electron chi connectivity index (χ0n) is 8.37. The van der Waals surface area contributed by atoms with Gasteiger partial charge in [0.1, 0.15) is 0 Å². The Labute approximate surface area is 92.2 Å². The molecule has 1 aromatic carbocycles. The summed E-state index contributed by atoms with van der Waals surface area (Å²) in [6.45, 7) is 0. The molecule has 1 heterocycles. The minimum Gasteiger partial charge on any atom is -0.326 e. The molecule has 1 aromatic rings. The number of nitrogens with one attached hydrogen (secondary N) is 1. The van der Waals surface area contributed by atoms with Crippen LogP contribution in [0.4, 0.5) is 5.69 Å². The number of carbonyl (C=O) groups is 2. The average molecular weight is 221 g/mol. The summed E-state index contributed by atoms with van der Waals surface area (Å²) in [5.41, 5.74) is 2.45. The number of fused-ring (bicyclic) bond motifs is 1. The van der Waals surface area contributed by atoms with Gasteiger partial charge < -0.3 is 5.32 Å². The second kappa shape index (κ2) is 4.06. The molecule has 0 saturated heterocycles. The first kappa shape index (κ1) is 10.2. The van der Waals surface area contributed by atoms with Crippen LogP contribution in [0.2, 0.25) is 0 Å². The van der Waals surface area contributed by atoms with Crippen LogP contribution in [0.3, 0.4) is 0 Å². The molecular weight excluding hydrogens is 210 g/mol. The van der Waals surface area contributed by atoms with E-state index in [4.69, 9.17) is 0 Å². The number of rotatable bonds is 3. The van der Waals surface area contributed by atoms with E-state index in [1.54, 1.807) is 12.1 Å². The molecule has 1 aliphatic rings. The molecule has 0 unspecified atom stereocenters. The van der Waals surface area contributed by atoms with Crippen molar-refractivity contribution in [2.75, 3.05) is 17.3 Å². The molecule has 78 valence electrons. The number of thioether (sulfide) groups is 1. The molecule has 1 aliphatic heterocycles. The van der Waals surface area contributed by atoms with E-state index >= 15 is 0 Å². The van der Waals surface area contributed by atoms with E-state index in [-0.39, 0.29) is 11.7 Å². The molecule has 0 atom stereocenters. The molecule has 2 rings (SSSR count). The number of amides is 1. The second-order valence-electron chi connectivity index (χ2n) is 3.45. The third-order valence-corrected chi connectivity index (χ3v) is 2.88. The van der Waals surface area contributed by atoms with Crippen LogP contribution in [0.5, 0.6) is 0 Å². The molecule has 3 nitrogen and oxygen atoms in total. The Morgan fingerprint density at radius 3 is 3.07 bits per heavy atom. The zero-order chi connectivity index (χ0) is 10.8. The van der Waals surface area contributed by atoms with Gasteiger partial charge in [0.25, 0.3) is 0 Å². The van der Waals surface area contributed by atoms with Crippen molar-refractivity contribution in [3.8, 4) is 0 Å². The SMILES string of the molecule is CSCC(=O)c1ccc2c(c1)CC(=O)N2. The fourth-order valence-corrected chi connectivity index (χ4v) is 2.05. The normalized spacial score (nSPS) is 13.5. The number of Topliss-reactive ketones (excluding diaryl/α,β-unsaturated/α-hetero) is 1. The van der Waals surface area contributed by atoms with Crippen molar-refractivity contribution in [3.05, 3.63) is 29.3 Å². The van der Waals surface area contributed by atoms with Gasteiger partial charge in [0.15, 0.2) is 5.78 Å². The van der Waals surface area contributed by atoms with Gasteiger partial charge in [-0.15, -0.1) is 0 Å². The van der Waals surface area contributed by atoms with E-state index in [0.29, 0.717) is 17.7 Å². The van der Waals surface area contributed by atoms with Crippen LogP contribution in [0.1, 0.15) is 15.9 Å². The van der Waals surface area contributed by atoms with Crippen LogP contribution in [-0.4, -0.2) is 23.7 Å². The van der Waals surface area contributed by atoms with Gasteiger partial charge in [-0.05, 0) is 30.0 Å². The van der Waals surface area contributed by atoms with Gasteiger partial charge in [-0.3, -0.25) is 9.59 Å². The van der Waals surface area contributed by atoms with Crippen molar-refractivity contribution in [1.82, 2.24) is 0 Å². The predicted octanol–water partition coefficient (Wildman–Crippen LogP) is 1.73. The van der Waals surface area contributed by atoms with Crippen LogP contribution >= 0.6 is 11.8 Å². The topological polar surface area (TPSA) is 46.2 Å². The monoisotopic (exact) mass is 221 g/mol. The lowest BCUT2D eigenvalue weighted by Crippen LogP contribution is -2.03. The highest BCUT2D eigenvalue weighted by molar-refractivity contribution is 7.99. The summed E-state index contributed by atoms with van der Waals surface area (Å²) in [5.74, 6) is 0.601. The zero-order valence-corrected chi connectivity index (χ0v) is 9.19. The fraction of sp³-hybridized carbons (Fsp3) is 0.273. The van der Waals surface area contributed by atoms with E-state index in [9.17, 15) is 9.59 Å². The Hall–Kier alpha value is -1.29. The quantitative estimate of drug-likeness (QED) is 0.791. The largest absolute Gasteiger partial charge is 0.326 e. The summed E-state index contributed by atoms with van der Waals surface area (Å²) in [4.78, 5) is 22.7. The van der Waals surface area contributed by atoms with Gasteiger partial charge in [-0.2, -0.15) is 11.8 Å². The molecule has 0 aromatic heterocycles. The van der Waals surface area contributed by atoms with Gasteiger partial charge in [0.2, 0.25) is 5.91 Å². The van der Waals surface area contributed by atoms with Crippen molar-refractivity contribution < 1.29 is 9.59 Å². The number of carbonyl (C=O) groups excluding carboxylic acids is 2. The predicted molar refractivity (Wildman–Crippen MR) is 61.5 cm³/mol. The molecule has 1 N–H and O–H groups in total. The molecule has 15 heavy (non-hydrogen) atoms. The lowest BCUT2D eigenvalue weighted by Gasteiger charge is -2.02. The summed E-state index contributed by atoms with van der Waals surface area (Å²) in [6.07, 6.45) is 2.28. The Morgan fingerprint density at radius 2 is 2.33 bits per heavy atom. The van der Waals surface area contributed by atoms with E-state index < -0.39 is 0 Å². The van der Waals surface area contributed by atoms with Crippen LogP contribution in [0.25, 0.3) is 0 Å². The van der Waals surface area contributed by atoms with Gasteiger partial charge >= 0.3 is 0 Å². The molecule has 0 bridgehead atoms. The molecular formula is C11H11NO2S. The summed E-state index contributed by atoms with van der Waals surface area (Å²) < 4.78 is 0. The van der Waals surface area contributed by atoms with Crippen molar-refractivity contribution >= 4 is 29.1 Å². The molecule has 1 amide bonds. The van der Waals surface area contributed by atoms with Gasteiger partial charge in [-0.1, -0.05) is 0 Å². The van der Waals surface area contributed by atoms with Gasteiger partial charge in [0, 0.05) is 11.3 Å². The minimum atomic E-state index is -0.000495. The van der Waals surface area contributed by atoms with Gasteiger partial charge in [0.05, 0.1) is 12.2 Å². The third kappa shape index (κ3) is 2.04. The van der Waals surface area contributed by atoms with Crippen LogP contribution in [-0.2, 0) is 11.2 Å². The van der Waals surface area contributed by atoms with Crippen molar-refractivity contribution in [3.63, 3.8) is 0 Å². The number of hydrogen-bond donors (Lipinski definition) is 1. The van der Waals surface area contributed by atoms with Gasteiger partial charge in [-0.25, -0.2) is 0 Å². The molecule has 0 spiro atoms. The number of ketones is 1. The van der Waals surface area contributed by atoms with Crippen molar-refractivity contribution in [2.24, 2.45) is 0 Å². The third-order valence-electron chi connectivity index (χ3n) is 2.33.